The molecule has 8 N–H and O–H groups in total. The second kappa shape index (κ2) is 8.25. The highest BCUT2D eigenvalue weighted by atomic mass is 16.5. The van der Waals surface area contributed by atoms with Crippen molar-refractivity contribution in [2.75, 3.05) is 23.8 Å². The lowest BCUT2D eigenvalue weighted by Crippen LogP contribution is -2.55. The third kappa shape index (κ3) is 4.33. The molecule has 0 spiro atoms. The average molecular weight is 386 g/mol. The number of hydrogen-bond donors (Lipinski definition) is 8. The third-order valence-corrected chi connectivity index (χ3v) is 4.85. The molecular formula is C17H26N2O8. The van der Waals surface area contributed by atoms with Crippen LogP contribution in [0.2, 0.25) is 0 Å². The van der Waals surface area contributed by atoms with E-state index in [1.807, 2.05) is 6.92 Å². The van der Waals surface area contributed by atoms with Gasteiger partial charge in [-0.1, -0.05) is 6.07 Å². The quantitative estimate of drug-likeness (QED) is 0.282. The smallest absolute Gasteiger partial charge is 0.156 e. The van der Waals surface area contributed by atoms with E-state index in [-0.39, 0.29) is 13.2 Å². The molecule has 8 atom stereocenters. The summed E-state index contributed by atoms with van der Waals surface area (Å²) in [6, 6.07) is 5.22. The van der Waals surface area contributed by atoms with Gasteiger partial charge in [0.25, 0.3) is 0 Å². The van der Waals surface area contributed by atoms with E-state index in [9.17, 15) is 30.6 Å². The number of ether oxygens (including phenoxy) is 2. The molecular weight excluding hydrogens is 360 g/mol. The van der Waals surface area contributed by atoms with Gasteiger partial charge in [-0.3, -0.25) is 0 Å². The van der Waals surface area contributed by atoms with Gasteiger partial charge in [0.15, 0.2) is 12.5 Å². The maximum Gasteiger partial charge on any atom is 0.156 e. The Kier molecular flexibility index (Phi) is 6.18. The first-order valence-electron chi connectivity index (χ1n) is 8.73. The van der Waals surface area contributed by atoms with Crippen LogP contribution in [-0.4, -0.2) is 92.9 Å². The van der Waals surface area contributed by atoms with E-state index in [1.54, 1.807) is 18.2 Å². The van der Waals surface area contributed by atoms with E-state index in [4.69, 9.17) is 9.47 Å². The van der Waals surface area contributed by atoms with E-state index >= 15 is 0 Å². The van der Waals surface area contributed by atoms with Gasteiger partial charge < -0.3 is 50.7 Å². The minimum absolute atomic E-state index is 0.116. The molecule has 0 radical (unpaired) electrons. The van der Waals surface area contributed by atoms with Gasteiger partial charge in [-0.25, -0.2) is 0 Å². The van der Waals surface area contributed by atoms with Gasteiger partial charge in [0.05, 0.1) is 13.2 Å². The van der Waals surface area contributed by atoms with E-state index < -0.39 is 49.1 Å². The summed E-state index contributed by atoms with van der Waals surface area (Å²) in [4.78, 5) is 0. The zero-order valence-corrected chi connectivity index (χ0v) is 14.8. The molecule has 1 aromatic carbocycles. The largest absolute Gasteiger partial charge is 0.388 e. The summed E-state index contributed by atoms with van der Waals surface area (Å²) < 4.78 is 10.7. The molecule has 0 saturated carbocycles. The van der Waals surface area contributed by atoms with Crippen molar-refractivity contribution < 1.29 is 40.1 Å². The summed E-state index contributed by atoms with van der Waals surface area (Å²) in [6.07, 6.45) is -9.40. The topological polar surface area (TPSA) is 164 Å². The van der Waals surface area contributed by atoms with Crippen molar-refractivity contribution in [3.8, 4) is 0 Å². The van der Waals surface area contributed by atoms with E-state index in [0.717, 1.165) is 5.56 Å². The zero-order chi connectivity index (χ0) is 19.7. The molecule has 10 nitrogen and oxygen atoms in total. The number of aliphatic hydroxyl groups is 6. The summed E-state index contributed by atoms with van der Waals surface area (Å²) >= 11 is 0. The Balaban J connectivity index is 1.69. The Morgan fingerprint density at radius 3 is 1.85 bits per heavy atom. The minimum Gasteiger partial charge on any atom is -0.388 e. The number of benzene rings is 1. The monoisotopic (exact) mass is 386 g/mol. The molecule has 27 heavy (non-hydrogen) atoms. The number of aliphatic hydroxyl groups excluding tert-OH is 6. The maximum absolute atomic E-state index is 10.1. The summed E-state index contributed by atoms with van der Waals surface area (Å²) in [5.74, 6) is 0. The summed E-state index contributed by atoms with van der Waals surface area (Å²) in [5.41, 5.74) is 1.98. The molecule has 10 heteroatoms. The van der Waals surface area contributed by atoms with Crippen molar-refractivity contribution in [1.29, 1.82) is 0 Å². The van der Waals surface area contributed by atoms with Crippen LogP contribution in [0.1, 0.15) is 5.56 Å². The van der Waals surface area contributed by atoms with Crippen LogP contribution in [0.4, 0.5) is 11.4 Å². The Morgan fingerprint density at radius 2 is 1.30 bits per heavy atom. The van der Waals surface area contributed by atoms with E-state index in [1.165, 1.54) is 0 Å². The molecule has 2 saturated heterocycles. The minimum atomic E-state index is -1.32. The van der Waals surface area contributed by atoms with Crippen LogP contribution < -0.4 is 10.6 Å². The fraction of sp³-hybridized carbons (Fsp3) is 0.647. The number of aryl methyl sites for hydroxylation is 1. The van der Waals surface area contributed by atoms with Gasteiger partial charge in [0.2, 0.25) is 0 Å². The Morgan fingerprint density at radius 1 is 0.778 bits per heavy atom. The van der Waals surface area contributed by atoms with Crippen molar-refractivity contribution in [3.05, 3.63) is 23.8 Å². The standard InChI is InChI=1S/C17H26N2O8/c1-7-2-3-8(18-16-14(24)12(22)10(20)5-26-16)4-9(7)19-17-15(25)13(23)11(21)6-27-17/h2-4,10-25H,5-6H2,1H3/t10-,11-,12?,13?,14?,15?,16-,17-/m1/s1. The van der Waals surface area contributed by atoms with E-state index in [0.29, 0.717) is 11.4 Å². The van der Waals surface area contributed by atoms with Gasteiger partial charge in [-0.05, 0) is 24.6 Å². The summed E-state index contributed by atoms with van der Waals surface area (Å²) in [7, 11) is 0. The van der Waals surface area contributed by atoms with Crippen molar-refractivity contribution in [1.82, 2.24) is 0 Å². The average Bonchev–Trinajstić information content (AvgIpc) is 2.65. The molecule has 0 aromatic heterocycles. The third-order valence-electron chi connectivity index (χ3n) is 4.85. The Labute approximate surface area is 156 Å². The zero-order valence-electron chi connectivity index (χ0n) is 14.8. The predicted molar refractivity (Wildman–Crippen MR) is 93.9 cm³/mol. The molecule has 1 aromatic rings. The van der Waals surface area contributed by atoms with Gasteiger partial charge in [0.1, 0.15) is 36.6 Å². The normalized spacial score (nSPS) is 39.8. The Bertz CT molecular complexity index is 647. The van der Waals surface area contributed by atoms with Crippen molar-refractivity contribution >= 4 is 11.4 Å². The lowest BCUT2D eigenvalue weighted by atomic mass is 10.0. The highest BCUT2D eigenvalue weighted by molar-refractivity contribution is 5.61. The van der Waals surface area contributed by atoms with Crippen molar-refractivity contribution in [2.45, 2.75) is 56.0 Å². The number of nitrogens with one attached hydrogen (secondary N) is 2. The molecule has 0 aliphatic carbocycles. The van der Waals surface area contributed by atoms with Crippen LogP contribution >= 0.6 is 0 Å². The number of hydrogen-bond acceptors (Lipinski definition) is 10. The predicted octanol–water partition coefficient (Wildman–Crippen LogP) is -2.30. The molecule has 0 amide bonds. The fourth-order valence-corrected chi connectivity index (χ4v) is 3.05. The first kappa shape index (κ1) is 20.2. The van der Waals surface area contributed by atoms with Crippen LogP contribution in [0.5, 0.6) is 0 Å². The molecule has 2 fully saturated rings. The lowest BCUT2D eigenvalue weighted by molar-refractivity contribution is -0.178. The first-order chi connectivity index (χ1) is 12.8. The van der Waals surface area contributed by atoms with Crippen LogP contribution in [0.3, 0.4) is 0 Å². The van der Waals surface area contributed by atoms with Crippen molar-refractivity contribution in [2.24, 2.45) is 0 Å². The fourth-order valence-electron chi connectivity index (χ4n) is 3.05. The van der Waals surface area contributed by atoms with Crippen molar-refractivity contribution in [3.63, 3.8) is 0 Å². The highest BCUT2D eigenvalue weighted by Crippen LogP contribution is 2.26. The SMILES string of the molecule is Cc1ccc(N[C@@H]2OC[C@@H](O)C(O)C2O)cc1N[C@@H]1OC[C@@H](O)C(O)C1O. The molecule has 2 aliphatic heterocycles. The van der Waals surface area contributed by atoms with E-state index in [2.05, 4.69) is 10.6 Å². The van der Waals surface area contributed by atoms with Crippen LogP contribution in [-0.2, 0) is 9.47 Å². The summed E-state index contributed by atoms with van der Waals surface area (Å²) in [6.45, 7) is 1.60. The van der Waals surface area contributed by atoms with Gasteiger partial charge in [-0.15, -0.1) is 0 Å². The van der Waals surface area contributed by atoms with Gasteiger partial charge in [-0.2, -0.15) is 0 Å². The summed E-state index contributed by atoms with van der Waals surface area (Å²) in [5, 5.41) is 64.6. The number of rotatable bonds is 4. The van der Waals surface area contributed by atoms with Gasteiger partial charge in [0, 0.05) is 11.4 Å². The lowest BCUT2D eigenvalue weighted by Gasteiger charge is -2.37. The molecule has 2 aliphatic rings. The second-order valence-corrected chi connectivity index (χ2v) is 6.92. The van der Waals surface area contributed by atoms with Gasteiger partial charge >= 0.3 is 0 Å². The molecule has 0 bridgehead atoms. The second-order valence-electron chi connectivity index (χ2n) is 6.92. The molecule has 4 unspecified atom stereocenters. The highest BCUT2D eigenvalue weighted by Gasteiger charge is 2.38. The maximum atomic E-state index is 10.1. The molecule has 2 heterocycles. The number of anilines is 2. The first-order valence-corrected chi connectivity index (χ1v) is 8.73. The molecule has 3 rings (SSSR count). The molecule has 152 valence electrons. The Hall–Kier alpha value is -1.50. The van der Waals surface area contributed by atoms with Crippen LogP contribution in [0.15, 0.2) is 18.2 Å². The van der Waals surface area contributed by atoms with Crippen LogP contribution in [0, 0.1) is 6.92 Å². The van der Waals surface area contributed by atoms with Crippen LogP contribution in [0.25, 0.3) is 0 Å².